The summed E-state index contributed by atoms with van der Waals surface area (Å²) in [6, 6.07) is 11.3. The average molecular weight is 476 g/mol. The van der Waals surface area contributed by atoms with Crippen molar-refractivity contribution < 1.29 is 21.6 Å². The van der Waals surface area contributed by atoms with Gasteiger partial charge in [-0.25, -0.2) is 21.6 Å². The van der Waals surface area contributed by atoms with Crippen LogP contribution in [0.25, 0.3) is 0 Å². The van der Waals surface area contributed by atoms with Crippen LogP contribution in [0, 0.1) is 17.5 Å². The first kappa shape index (κ1) is 22.9. The third-order valence-corrected chi connectivity index (χ3v) is 7.87. The predicted octanol–water partition coefficient (Wildman–Crippen LogP) is 3.08. The molecule has 1 heterocycles. The molecule has 0 unspecified atom stereocenters. The second kappa shape index (κ2) is 9.99. The lowest BCUT2D eigenvalue weighted by atomic mass is 10.3. The summed E-state index contributed by atoms with van der Waals surface area (Å²) in [5, 5.41) is 3.66. The van der Waals surface area contributed by atoms with Gasteiger partial charge in [0.15, 0.2) is 22.6 Å². The number of hydrogen-bond acceptors (Lipinski definition) is 4. The van der Waals surface area contributed by atoms with Gasteiger partial charge in [-0.05, 0) is 36.5 Å². The molecule has 2 aromatic carbocycles. The molecule has 0 spiro atoms. The molecule has 2 aromatic rings. The van der Waals surface area contributed by atoms with E-state index in [1.165, 1.54) is 0 Å². The van der Waals surface area contributed by atoms with Crippen LogP contribution in [0.1, 0.15) is 0 Å². The number of thioether (sulfide) groups is 1. The van der Waals surface area contributed by atoms with Crippen LogP contribution in [0.15, 0.2) is 52.3 Å². The van der Waals surface area contributed by atoms with Gasteiger partial charge in [0.1, 0.15) is 4.90 Å². The molecule has 5 nitrogen and oxygen atoms in total. The van der Waals surface area contributed by atoms with Gasteiger partial charge in [0.25, 0.3) is 0 Å². The molecule has 3 rings (SSSR count). The molecule has 0 aromatic heterocycles. The van der Waals surface area contributed by atoms with Crippen LogP contribution in [0.5, 0.6) is 0 Å². The fourth-order valence-corrected chi connectivity index (χ4v) is 5.49. The van der Waals surface area contributed by atoms with E-state index in [2.05, 4.69) is 5.32 Å². The van der Waals surface area contributed by atoms with E-state index in [1.54, 1.807) is 11.8 Å². The van der Waals surface area contributed by atoms with Crippen LogP contribution in [0.4, 0.5) is 13.2 Å². The second-order valence-corrected chi connectivity index (χ2v) is 9.92. The first-order valence-electron chi connectivity index (χ1n) is 9.15. The molecule has 0 atom stereocenters. The number of benzene rings is 2. The summed E-state index contributed by atoms with van der Waals surface area (Å²) in [4.78, 5) is 2.12. The highest BCUT2D eigenvalue weighted by Crippen LogP contribution is 2.24. The Bertz CT molecular complexity index is 999. The van der Waals surface area contributed by atoms with Gasteiger partial charge in [0.2, 0.25) is 10.0 Å². The number of nitrogens with one attached hydrogen (secondary N) is 1. The Kier molecular flexibility index (Phi) is 7.61. The van der Waals surface area contributed by atoms with Crippen molar-refractivity contribution in [3.05, 3.63) is 59.9 Å². The van der Waals surface area contributed by atoms with E-state index in [0.717, 1.165) is 21.0 Å². The van der Waals surface area contributed by atoms with E-state index in [9.17, 15) is 21.6 Å². The van der Waals surface area contributed by atoms with E-state index in [0.29, 0.717) is 30.8 Å². The Hall–Kier alpha value is -1.82. The van der Waals surface area contributed by atoms with Crippen LogP contribution >= 0.6 is 24.0 Å². The fraction of sp³-hybridized carbons (Fsp3) is 0.316. The Labute approximate surface area is 183 Å². The van der Waals surface area contributed by atoms with Crippen LogP contribution in [-0.4, -0.2) is 61.2 Å². The Morgan fingerprint density at radius 2 is 1.67 bits per heavy atom. The third-order valence-electron chi connectivity index (χ3n) is 4.53. The molecule has 1 N–H and O–H groups in total. The zero-order chi connectivity index (χ0) is 21.7. The summed E-state index contributed by atoms with van der Waals surface area (Å²) in [5.74, 6) is -4.12. The van der Waals surface area contributed by atoms with Crippen molar-refractivity contribution in [1.29, 1.82) is 0 Å². The van der Waals surface area contributed by atoms with E-state index < -0.39 is 32.4 Å². The van der Waals surface area contributed by atoms with E-state index >= 15 is 0 Å². The molecule has 0 saturated carbocycles. The first-order valence-corrected chi connectivity index (χ1v) is 12.0. The van der Waals surface area contributed by atoms with Gasteiger partial charge in [-0.1, -0.05) is 18.2 Å². The van der Waals surface area contributed by atoms with Crippen molar-refractivity contribution in [3.8, 4) is 0 Å². The summed E-state index contributed by atoms with van der Waals surface area (Å²) < 4.78 is 66.8. The smallest absolute Gasteiger partial charge is 0.246 e. The molecule has 1 saturated heterocycles. The maximum absolute atomic E-state index is 13.9. The number of nitrogens with zero attached hydrogens (tertiary/aromatic N) is 2. The molecule has 0 aliphatic carbocycles. The maximum Gasteiger partial charge on any atom is 0.246 e. The van der Waals surface area contributed by atoms with E-state index in [-0.39, 0.29) is 13.1 Å². The highest BCUT2D eigenvalue weighted by atomic mass is 32.2. The van der Waals surface area contributed by atoms with Crippen LogP contribution in [-0.2, 0) is 10.0 Å². The molecule has 30 heavy (non-hydrogen) atoms. The number of piperazine rings is 1. The van der Waals surface area contributed by atoms with Gasteiger partial charge >= 0.3 is 0 Å². The number of thiocarbonyl (C=S) groups is 1. The molecule has 0 amide bonds. The average Bonchev–Trinajstić information content (AvgIpc) is 2.75. The standard InChI is InChI=1S/C19H20F3N3O2S3/c20-15-6-7-16(18(22)17(15)21)30(26,27)25-11-9-24(10-12-25)19(28)23-8-13-29-14-4-2-1-3-5-14/h1-7H,8-13H2,(H,23,28). The van der Waals surface area contributed by atoms with Crippen molar-refractivity contribution in [2.75, 3.05) is 38.5 Å². The van der Waals surface area contributed by atoms with Crippen molar-refractivity contribution in [1.82, 2.24) is 14.5 Å². The minimum atomic E-state index is -4.27. The van der Waals surface area contributed by atoms with E-state index in [1.807, 2.05) is 35.2 Å². The van der Waals surface area contributed by atoms with Gasteiger partial charge in [-0.3, -0.25) is 0 Å². The molecule has 1 aliphatic heterocycles. The van der Waals surface area contributed by atoms with Gasteiger partial charge in [0, 0.05) is 43.4 Å². The van der Waals surface area contributed by atoms with Gasteiger partial charge < -0.3 is 10.2 Å². The Morgan fingerprint density at radius 3 is 2.33 bits per heavy atom. The number of sulfonamides is 1. The van der Waals surface area contributed by atoms with E-state index in [4.69, 9.17) is 12.2 Å². The van der Waals surface area contributed by atoms with Crippen LogP contribution in [0.2, 0.25) is 0 Å². The molecule has 1 fully saturated rings. The fourth-order valence-electron chi connectivity index (χ4n) is 2.93. The minimum absolute atomic E-state index is 0.0569. The quantitative estimate of drug-likeness (QED) is 0.300. The highest BCUT2D eigenvalue weighted by molar-refractivity contribution is 7.99. The minimum Gasteiger partial charge on any atom is -0.362 e. The normalized spacial score (nSPS) is 15.2. The van der Waals surface area contributed by atoms with Crippen LogP contribution in [0.3, 0.4) is 0 Å². The molecule has 11 heteroatoms. The summed E-state index contributed by atoms with van der Waals surface area (Å²) in [6.07, 6.45) is 0. The Balaban J connectivity index is 1.50. The topological polar surface area (TPSA) is 52.7 Å². The van der Waals surface area contributed by atoms with Gasteiger partial charge in [0.05, 0.1) is 0 Å². The molecule has 1 aliphatic rings. The SMILES string of the molecule is O=S(=O)(c1ccc(F)c(F)c1F)N1CCN(C(=S)NCCSc2ccccc2)CC1. The maximum atomic E-state index is 13.9. The lowest BCUT2D eigenvalue weighted by molar-refractivity contribution is 0.263. The second-order valence-electron chi connectivity index (χ2n) is 6.46. The summed E-state index contributed by atoms with van der Waals surface area (Å²) in [7, 11) is -4.27. The summed E-state index contributed by atoms with van der Waals surface area (Å²) in [5.41, 5.74) is 0. The Morgan fingerprint density at radius 1 is 1.00 bits per heavy atom. The first-order chi connectivity index (χ1) is 14.3. The van der Waals surface area contributed by atoms with Gasteiger partial charge in [-0.15, -0.1) is 11.8 Å². The highest BCUT2D eigenvalue weighted by Gasteiger charge is 2.32. The molecule has 0 bridgehead atoms. The number of hydrogen-bond donors (Lipinski definition) is 1. The molecule has 0 radical (unpaired) electrons. The lowest BCUT2D eigenvalue weighted by Crippen LogP contribution is -2.53. The zero-order valence-electron chi connectivity index (χ0n) is 15.9. The summed E-state index contributed by atoms with van der Waals surface area (Å²) >= 11 is 7.06. The molecular weight excluding hydrogens is 455 g/mol. The molecule has 162 valence electrons. The van der Waals surface area contributed by atoms with Crippen LogP contribution < -0.4 is 5.32 Å². The molecular formula is C19H20F3N3O2S3. The number of rotatable bonds is 6. The monoisotopic (exact) mass is 475 g/mol. The third kappa shape index (κ3) is 5.26. The number of halogens is 3. The van der Waals surface area contributed by atoms with Crippen molar-refractivity contribution in [3.63, 3.8) is 0 Å². The van der Waals surface area contributed by atoms with Crippen molar-refractivity contribution >= 4 is 39.1 Å². The lowest BCUT2D eigenvalue weighted by Gasteiger charge is -2.35. The van der Waals surface area contributed by atoms with Crippen molar-refractivity contribution in [2.45, 2.75) is 9.79 Å². The van der Waals surface area contributed by atoms with Gasteiger partial charge in [-0.2, -0.15) is 4.31 Å². The predicted molar refractivity (Wildman–Crippen MR) is 114 cm³/mol. The zero-order valence-corrected chi connectivity index (χ0v) is 18.3. The summed E-state index contributed by atoms with van der Waals surface area (Å²) in [6.45, 7) is 1.38. The van der Waals surface area contributed by atoms with Crippen molar-refractivity contribution in [2.24, 2.45) is 0 Å². The largest absolute Gasteiger partial charge is 0.362 e.